The van der Waals surface area contributed by atoms with Gasteiger partial charge in [-0.1, -0.05) is 35.5 Å². The van der Waals surface area contributed by atoms with E-state index in [1.54, 1.807) is 0 Å². The summed E-state index contributed by atoms with van der Waals surface area (Å²) >= 11 is 8.12. The number of anilines is 2. The predicted molar refractivity (Wildman–Crippen MR) is 140 cm³/mol. The number of hydrogen-bond acceptors (Lipinski definition) is 7. The number of para-hydroxylation sites is 1. The number of halogens is 1. The van der Waals surface area contributed by atoms with Crippen LogP contribution in [-0.4, -0.2) is 84.9 Å². The summed E-state index contributed by atoms with van der Waals surface area (Å²) in [6.07, 6.45) is 1.89. The Morgan fingerprint density at radius 3 is 2.26 bits per heavy atom. The van der Waals surface area contributed by atoms with E-state index in [1.165, 1.54) is 21.2 Å². The molecule has 2 aliphatic heterocycles. The van der Waals surface area contributed by atoms with Crippen molar-refractivity contribution in [3.63, 3.8) is 0 Å². The highest BCUT2D eigenvalue weighted by Crippen LogP contribution is 2.48. The number of aliphatic hydroxyl groups excluding tert-OH is 1. The molecule has 2 aliphatic rings. The number of β-amino-alcohol motifs (C(OH)–C–C–N with tert-alkyl or cyclic N) is 1. The number of hydrogen-bond donors (Lipinski definition) is 3. The van der Waals surface area contributed by atoms with Gasteiger partial charge in [0.05, 0.1) is 18.0 Å². The van der Waals surface area contributed by atoms with Crippen LogP contribution in [-0.2, 0) is 4.79 Å². The number of carboxylic acids is 1. The molecule has 186 valence electrons. The van der Waals surface area contributed by atoms with Crippen molar-refractivity contribution in [3.05, 3.63) is 47.5 Å². The molecule has 34 heavy (non-hydrogen) atoms. The average molecular weight is 507 g/mol. The summed E-state index contributed by atoms with van der Waals surface area (Å²) in [5, 5.41) is 17.9. The van der Waals surface area contributed by atoms with E-state index in [1.807, 2.05) is 17.8 Å². The van der Waals surface area contributed by atoms with E-state index in [-0.39, 0.29) is 13.0 Å². The van der Waals surface area contributed by atoms with Gasteiger partial charge in [-0.3, -0.25) is 9.69 Å². The van der Waals surface area contributed by atoms with Crippen molar-refractivity contribution in [3.8, 4) is 0 Å². The lowest BCUT2D eigenvalue weighted by Gasteiger charge is -2.36. The molecule has 4 N–H and O–H groups in total. The predicted octanol–water partition coefficient (Wildman–Crippen LogP) is 3.75. The zero-order chi connectivity index (χ0) is 24.3. The van der Waals surface area contributed by atoms with Crippen molar-refractivity contribution >= 4 is 40.7 Å². The standard InChI is InChI=1S/C21H26ClN3OS.C4H9NO2/c22-17-6-7-21-19(16-17)25(18-4-1-2-5-20(18)27-21)9-3-8-23-10-12-24(13-11-23)14-15-26;5-3-1-2-4(6)7/h1-2,4-7,16,26H,3,8-15H2;1-3,5H2,(H,6,7). The molecule has 1 fully saturated rings. The van der Waals surface area contributed by atoms with Crippen LogP contribution in [0.15, 0.2) is 52.3 Å². The Balaban J connectivity index is 0.000000406. The van der Waals surface area contributed by atoms with Gasteiger partial charge in [0.25, 0.3) is 0 Å². The Morgan fingerprint density at radius 1 is 0.941 bits per heavy atom. The van der Waals surface area contributed by atoms with Gasteiger partial charge in [-0.15, -0.1) is 0 Å². The molecule has 0 spiro atoms. The number of fused-ring (bicyclic) bond motifs is 2. The van der Waals surface area contributed by atoms with E-state index in [4.69, 9.17) is 27.5 Å². The molecule has 0 amide bonds. The molecule has 1 saturated heterocycles. The van der Waals surface area contributed by atoms with Gasteiger partial charge in [-0.05, 0) is 56.3 Å². The highest BCUT2D eigenvalue weighted by atomic mass is 35.5. The van der Waals surface area contributed by atoms with E-state index < -0.39 is 5.97 Å². The molecule has 0 aromatic heterocycles. The molecule has 0 bridgehead atoms. The number of aliphatic hydroxyl groups is 1. The Labute approximate surface area is 211 Å². The summed E-state index contributed by atoms with van der Waals surface area (Å²) in [6.45, 7) is 7.92. The summed E-state index contributed by atoms with van der Waals surface area (Å²) in [4.78, 5) is 19.6. The smallest absolute Gasteiger partial charge is 0.303 e. The molecule has 2 aromatic rings. The van der Waals surface area contributed by atoms with Gasteiger partial charge >= 0.3 is 5.97 Å². The number of rotatable bonds is 9. The lowest BCUT2D eigenvalue weighted by atomic mass is 10.2. The molecule has 0 unspecified atom stereocenters. The van der Waals surface area contributed by atoms with Gasteiger partial charge in [0, 0.05) is 60.5 Å². The van der Waals surface area contributed by atoms with Crippen LogP contribution in [0.3, 0.4) is 0 Å². The largest absolute Gasteiger partial charge is 0.481 e. The third-order valence-electron chi connectivity index (χ3n) is 5.92. The summed E-state index contributed by atoms with van der Waals surface area (Å²) < 4.78 is 0. The van der Waals surface area contributed by atoms with Crippen molar-refractivity contribution in [1.82, 2.24) is 9.80 Å². The highest BCUT2D eigenvalue weighted by molar-refractivity contribution is 7.99. The van der Waals surface area contributed by atoms with E-state index in [0.29, 0.717) is 13.0 Å². The average Bonchev–Trinajstić information content (AvgIpc) is 2.84. The summed E-state index contributed by atoms with van der Waals surface area (Å²) in [7, 11) is 0. The van der Waals surface area contributed by atoms with Crippen LogP contribution >= 0.6 is 23.4 Å². The topological polar surface area (TPSA) is 93.3 Å². The molecule has 2 heterocycles. The SMILES string of the molecule is NCCCC(=O)O.OCCN1CCN(CCCN2c3ccccc3Sc3ccc(Cl)cc32)CC1. The lowest BCUT2D eigenvalue weighted by Crippen LogP contribution is -2.47. The first-order valence-corrected chi connectivity index (χ1v) is 13.0. The van der Waals surface area contributed by atoms with Gasteiger partial charge in [0.2, 0.25) is 0 Å². The van der Waals surface area contributed by atoms with Crippen LogP contribution in [0.5, 0.6) is 0 Å². The molecule has 0 radical (unpaired) electrons. The molecule has 4 rings (SSSR count). The Morgan fingerprint density at radius 2 is 1.62 bits per heavy atom. The van der Waals surface area contributed by atoms with Crippen molar-refractivity contribution in [2.75, 3.05) is 63.9 Å². The Bertz CT molecular complexity index is 925. The maximum absolute atomic E-state index is 9.70. The number of nitrogens with two attached hydrogens (primary N) is 1. The molecular formula is C25H35ClN4O3S. The zero-order valence-electron chi connectivity index (χ0n) is 19.5. The van der Waals surface area contributed by atoms with Crippen LogP contribution in [0.2, 0.25) is 5.02 Å². The molecule has 0 aliphatic carbocycles. The van der Waals surface area contributed by atoms with E-state index in [9.17, 15) is 4.79 Å². The first-order chi connectivity index (χ1) is 16.5. The molecule has 7 nitrogen and oxygen atoms in total. The van der Waals surface area contributed by atoms with Crippen LogP contribution in [0, 0.1) is 0 Å². The molecule has 0 atom stereocenters. The van der Waals surface area contributed by atoms with Gasteiger partial charge in [0.1, 0.15) is 0 Å². The Kier molecular flexibility index (Phi) is 11.0. The lowest BCUT2D eigenvalue weighted by molar-refractivity contribution is -0.137. The minimum atomic E-state index is -0.773. The first-order valence-electron chi connectivity index (χ1n) is 11.8. The second-order valence-electron chi connectivity index (χ2n) is 8.38. The number of piperazine rings is 1. The highest BCUT2D eigenvalue weighted by Gasteiger charge is 2.23. The summed E-state index contributed by atoms with van der Waals surface area (Å²) in [5.74, 6) is -0.773. The van der Waals surface area contributed by atoms with E-state index in [2.05, 4.69) is 51.1 Å². The monoisotopic (exact) mass is 506 g/mol. The maximum atomic E-state index is 9.70. The van der Waals surface area contributed by atoms with E-state index in [0.717, 1.165) is 57.3 Å². The number of carboxylic acid groups (broad SMARTS) is 1. The fraction of sp³-hybridized carbons (Fsp3) is 0.480. The zero-order valence-corrected chi connectivity index (χ0v) is 21.1. The maximum Gasteiger partial charge on any atom is 0.303 e. The van der Waals surface area contributed by atoms with E-state index >= 15 is 0 Å². The number of benzene rings is 2. The number of carbonyl (C=O) groups is 1. The fourth-order valence-electron chi connectivity index (χ4n) is 4.13. The van der Waals surface area contributed by atoms with Gasteiger partial charge in [-0.2, -0.15) is 0 Å². The Hall–Kier alpha value is -1.81. The van der Waals surface area contributed by atoms with Gasteiger partial charge in [-0.25, -0.2) is 0 Å². The fourth-order valence-corrected chi connectivity index (χ4v) is 5.37. The van der Waals surface area contributed by atoms with Crippen LogP contribution < -0.4 is 10.6 Å². The molecule has 0 saturated carbocycles. The van der Waals surface area contributed by atoms with Gasteiger partial charge < -0.3 is 25.7 Å². The third kappa shape index (κ3) is 7.86. The van der Waals surface area contributed by atoms with Gasteiger partial charge in [0.15, 0.2) is 0 Å². The minimum Gasteiger partial charge on any atom is -0.481 e. The normalized spacial score (nSPS) is 15.8. The van der Waals surface area contributed by atoms with Crippen LogP contribution in [0.1, 0.15) is 19.3 Å². The minimum absolute atomic E-state index is 0.191. The second-order valence-corrected chi connectivity index (χ2v) is 9.90. The molecule has 9 heteroatoms. The number of nitrogens with zero attached hydrogens (tertiary/aromatic N) is 3. The van der Waals surface area contributed by atoms with Crippen molar-refractivity contribution < 1.29 is 15.0 Å². The quantitative estimate of drug-likeness (QED) is 0.473. The summed E-state index contributed by atoms with van der Waals surface area (Å²) in [6, 6.07) is 14.8. The first kappa shape index (κ1) is 26.8. The molecular weight excluding hydrogens is 472 g/mol. The van der Waals surface area contributed by atoms with Crippen LogP contribution in [0.4, 0.5) is 11.4 Å². The molecule has 2 aromatic carbocycles. The van der Waals surface area contributed by atoms with Crippen molar-refractivity contribution in [2.45, 2.75) is 29.1 Å². The summed E-state index contributed by atoms with van der Waals surface area (Å²) in [5.41, 5.74) is 7.52. The van der Waals surface area contributed by atoms with Crippen molar-refractivity contribution in [1.29, 1.82) is 0 Å². The van der Waals surface area contributed by atoms with Crippen molar-refractivity contribution in [2.24, 2.45) is 5.73 Å². The third-order valence-corrected chi connectivity index (χ3v) is 7.29. The second kappa shape index (κ2) is 13.9. The number of aliphatic carboxylic acids is 1. The van der Waals surface area contributed by atoms with Crippen LogP contribution in [0.25, 0.3) is 0 Å².